The Hall–Kier alpha value is -0.670. The van der Waals surface area contributed by atoms with Crippen molar-refractivity contribution in [1.29, 1.82) is 0 Å². The summed E-state index contributed by atoms with van der Waals surface area (Å²) in [5.41, 5.74) is 0. The van der Waals surface area contributed by atoms with E-state index in [9.17, 15) is 0 Å². The van der Waals surface area contributed by atoms with Crippen LogP contribution in [-0.4, -0.2) is 26.3 Å². The van der Waals surface area contributed by atoms with Crippen LogP contribution in [0.15, 0.2) is 13.2 Å². The summed E-state index contributed by atoms with van der Waals surface area (Å²) in [5, 5.41) is 0. The van der Waals surface area contributed by atoms with Crippen molar-refractivity contribution in [3.63, 3.8) is 0 Å². The minimum absolute atomic E-state index is 0.0370. The van der Waals surface area contributed by atoms with E-state index in [0.717, 1.165) is 13.2 Å². The highest BCUT2D eigenvalue weighted by atomic mass is 16.7. The molecule has 0 unspecified atom stereocenters. The first-order valence-electron chi connectivity index (χ1n) is 3.83. The molecule has 0 atom stereocenters. The van der Waals surface area contributed by atoms with Gasteiger partial charge in [0.15, 0.2) is 6.29 Å². The SMILES string of the molecule is C=C.C=O.CCOC(C)OCC. The second-order valence-corrected chi connectivity index (χ2v) is 1.48. The van der Waals surface area contributed by atoms with Gasteiger partial charge in [-0.05, 0) is 20.8 Å². The molecule has 0 rings (SSSR count). The highest BCUT2D eigenvalue weighted by molar-refractivity contribution is 5.10. The summed E-state index contributed by atoms with van der Waals surface area (Å²) in [6.45, 7) is 15.3. The van der Waals surface area contributed by atoms with E-state index >= 15 is 0 Å². The van der Waals surface area contributed by atoms with Crippen molar-refractivity contribution in [2.75, 3.05) is 13.2 Å². The summed E-state index contributed by atoms with van der Waals surface area (Å²) in [6, 6.07) is 0. The Balaban J connectivity index is -0.000000175. The molecular weight excluding hydrogens is 156 g/mol. The maximum atomic E-state index is 8.00. The zero-order valence-electron chi connectivity index (χ0n) is 8.34. The van der Waals surface area contributed by atoms with Crippen molar-refractivity contribution in [3.8, 4) is 0 Å². The van der Waals surface area contributed by atoms with Crippen molar-refractivity contribution >= 4 is 6.79 Å². The smallest absolute Gasteiger partial charge is 0.154 e. The van der Waals surface area contributed by atoms with Crippen molar-refractivity contribution < 1.29 is 14.3 Å². The summed E-state index contributed by atoms with van der Waals surface area (Å²) < 4.78 is 10.1. The number of hydrogen-bond donors (Lipinski definition) is 0. The Labute approximate surface area is 75.4 Å². The first kappa shape index (κ1) is 17.4. The van der Waals surface area contributed by atoms with Crippen LogP contribution < -0.4 is 0 Å². The van der Waals surface area contributed by atoms with Crippen LogP contribution in [0.3, 0.4) is 0 Å². The lowest BCUT2D eigenvalue weighted by atomic mass is 10.7. The third-order valence-corrected chi connectivity index (χ3v) is 0.803. The lowest BCUT2D eigenvalue weighted by molar-refractivity contribution is -0.123. The van der Waals surface area contributed by atoms with E-state index in [1.165, 1.54) is 0 Å². The highest BCUT2D eigenvalue weighted by Crippen LogP contribution is 1.90. The standard InChI is InChI=1S/C6H14O2.C2H4.CH2O/c1-4-7-6(3)8-5-2;2*1-2/h6H,4-5H2,1-3H3;1-2H2;1H2. The zero-order chi connectivity index (χ0) is 10.4. The first-order valence-corrected chi connectivity index (χ1v) is 3.83. The van der Waals surface area contributed by atoms with Gasteiger partial charge in [-0.2, -0.15) is 0 Å². The van der Waals surface area contributed by atoms with Crippen LogP contribution in [0.5, 0.6) is 0 Å². The predicted octanol–water partition coefficient (Wildman–Crippen LogP) is 2.02. The Kier molecular flexibility index (Phi) is 32.6. The van der Waals surface area contributed by atoms with Gasteiger partial charge in [-0.1, -0.05) is 0 Å². The monoisotopic (exact) mass is 176 g/mol. The minimum Gasteiger partial charge on any atom is -0.353 e. The molecular formula is C9H20O3. The van der Waals surface area contributed by atoms with Crippen LogP contribution in [0.1, 0.15) is 20.8 Å². The fourth-order valence-corrected chi connectivity index (χ4v) is 0.518. The molecule has 0 bridgehead atoms. The van der Waals surface area contributed by atoms with Crippen LogP contribution in [0.4, 0.5) is 0 Å². The van der Waals surface area contributed by atoms with Gasteiger partial charge >= 0.3 is 0 Å². The summed E-state index contributed by atoms with van der Waals surface area (Å²) in [7, 11) is 0. The van der Waals surface area contributed by atoms with E-state index in [0.29, 0.717) is 0 Å². The molecule has 0 aliphatic rings. The van der Waals surface area contributed by atoms with Gasteiger partial charge in [0.25, 0.3) is 0 Å². The van der Waals surface area contributed by atoms with Crippen LogP contribution >= 0.6 is 0 Å². The van der Waals surface area contributed by atoms with Gasteiger partial charge in [0, 0.05) is 13.2 Å². The van der Waals surface area contributed by atoms with E-state index in [2.05, 4.69) is 13.2 Å². The molecule has 0 spiro atoms. The van der Waals surface area contributed by atoms with E-state index in [4.69, 9.17) is 14.3 Å². The summed E-state index contributed by atoms with van der Waals surface area (Å²) >= 11 is 0. The van der Waals surface area contributed by atoms with E-state index < -0.39 is 0 Å². The average Bonchev–Trinajstić information content (AvgIpc) is 2.12. The molecule has 0 aliphatic heterocycles. The Bertz CT molecular complexity index is 58.8. The van der Waals surface area contributed by atoms with E-state index in [-0.39, 0.29) is 6.29 Å². The molecule has 3 heteroatoms. The highest BCUT2D eigenvalue weighted by Gasteiger charge is 1.94. The molecule has 0 amide bonds. The normalized spacial score (nSPS) is 7.67. The molecule has 0 fully saturated rings. The summed E-state index contributed by atoms with van der Waals surface area (Å²) in [4.78, 5) is 8.00. The van der Waals surface area contributed by atoms with Crippen LogP contribution in [0, 0.1) is 0 Å². The second-order valence-electron chi connectivity index (χ2n) is 1.48. The van der Waals surface area contributed by atoms with E-state index in [1.807, 2.05) is 27.6 Å². The molecule has 12 heavy (non-hydrogen) atoms. The molecule has 0 aliphatic carbocycles. The summed E-state index contributed by atoms with van der Waals surface area (Å²) in [6.07, 6.45) is -0.0370. The van der Waals surface area contributed by atoms with Gasteiger partial charge in [0.2, 0.25) is 0 Å². The van der Waals surface area contributed by atoms with Gasteiger partial charge in [-0.3, -0.25) is 0 Å². The lowest BCUT2D eigenvalue weighted by Crippen LogP contribution is -2.11. The number of hydrogen-bond acceptors (Lipinski definition) is 3. The maximum absolute atomic E-state index is 8.00. The fourth-order valence-electron chi connectivity index (χ4n) is 0.518. The lowest BCUT2D eigenvalue weighted by Gasteiger charge is -2.09. The number of rotatable bonds is 4. The predicted molar refractivity (Wildman–Crippen MR) is 51.1 cm³/mol. The van der Waals surface area contributed by atoms with Crippen molar-refractivity contribution in [1.82, 2.24) is 0 Å². The van der Waals surface area contributed by atoms with Crippen LogP contribution in [0.2, 0.25) is 0 Å². The van der Waals surface area contributed by atoms with Gasteiger partial charge in [0.05, 0.1) is 0 Å². The van der Waals surface area contributed by atoms with Gasteiger partial charge in [0.1, 0.15) is 6.79 Å². The van der Waals surface area contributed by atoms with E-state index in [1.54, 1.807) is 0 Å². The topological polar surface area (TPSA) is 35.5 Å². The molecule has 3 nitrogen and oxygen atoms in total. The molecule has 0 N–H and O–H groups in total. The minimum atomic E-state index is -0.0370. The molecule has 0 aromatic carbocycles. The van der Waals surface area contributed by atoms with Crippen molar-refractivity contribution in [2.45, 2.75) is 27.1 Å². The third kappa shape index (κ3) is 22.8. The second kappa shape index (κ2) is 22.4. The van der Waals surface area contributed by atoms with Gasteiger partial charge in [-0.25, -0.2) is 0 Å². The Morgan fingerprint density at radius 3 is 1.50 bits per heavy atom. The molecule has 0 saturated carbocycles. The number of carbonyl (C=O) groups excluding carboxylic acids is 1. The molecule has 74 valence electrons. The third-order valence-electron chi connectivity index (χ3n) is 0.803. The number of ether oxygens (including phenoxy) is 2. The first-order chi connectivity index (χ1) is 5.81. The van der Waals surface area contributed by atoms with Crippen molar-refractivity contribution in [2.24, 2.45) is 0 Å². The zero-order valence-corrected chi connectivity index (χ0v) is 8.34. The maximum Gasteiger partial charge on any atom is 0.154 e. The van der Waals surface area contributed by atoms with Crippen molar-refractivity contribution in [3.05, 3.63) is 13.2 Å². The quantitative estimate of drug-likeness (QED) is 0.485. The molecule has 0 aromatic rings. The molecule has 0 heterocycles. The van der Waals surface area contributed by atoms with Crippen LogP contribution in [0.25, 0.3) is 0 Å². The fraction of sp³-hybridized carbons (Fsp3) is 0.667. The average molecular weight is 176 g/mol. The number of carbonyl (C=O) groups is 1. The molecule has 0 saturated heterocycles. The summed E-state index contributed by atoms with van der Waals surface area (Å²) in [5.74, 6) is 0. The van der Waals surface area contributed by atoms with Crippen LogP contribution in [-0.2, 0) is 14.3 Å². The molecule has 0 aromatic heterocycles. The Morgan fingerprint density at radius 2 is 1.33 bits per heavy atom. The Morgan fingerprint density at radius 1 is 1.08 bits per heavy atom. The van der Waals surface area contributed by atoms with Gasteiger partial charge < -0.3 is 14.3 Å². The van der Waals surface area contributed by atoms with Gasteiger partial charge in [-0.15, -0.1) is 13.2 Å². The molecule has 0 radical (unpaired) electrons. The largest absolute Gasteiger partial charge is 0.353 e.